The van der Waals surface area contributed by atoms with Crippen molar-refractivity contribution in [2.45, 2.75) is 13.3 Å². The van der Waals surface area contributed by atoms with Crippen LogP contribution in [0.3, 0.4) is 0 Å². The highest BCUT2D eigenvalue weighted by atomic mass is 16.6. The molecule has 0 heterocycles. The molecule has 7 nitrogen and oxygen atoms in total. The monoisotopic (exact) mass is 280 g/mol. The predicted octanol–water partition coefficient (Wildman–Crippen LogP) is 1.60. The van der Waals surface area contributed by atoms with Crippen LogP contribution < -0.4 is 15.5 Å². The van der Waals surface area contributed by atoms with Gasteiger partial charge in [-0.15, -0.1) is 0 Å². The summed E-state index contributed by atoms with van der Waals surface area (Å²) in [6.07, 6.45) is 0.870. The van der Waals surface area contributed by atoms with Crippen LogP contribution >= 0.6 is 0 Å². The third-order valence-electron chi connectivity index (χ3n) is 2.83. The van der Waals surface area contributed by atoms with Gasteiger partial charge in [-0.05, 0) is 18.6 Å². The highest BCUT2D eigenvalue weighted by molar-refractivity contribution is 5.84. The fraction of sp³-hybridized carbons (Fsp3) is 0.462. The molecule has 2 N–H and O–H groups in total. The zero-order valence-corrected chi connectivity index (χ0v) is 12.0. The number of rotatable bonds is 7. The summed E-state index contributed by atoms with van der Waals surface area (Å²) in [6.45, 7) is 2.71. The van der Waals surface area contributed by atoms with E-state index in [2.05, 4.69) is 10.6 Å². The SMILES string of the molecule is CCCNc1cccc(N(C)CC(=O)NC)c1[N+](=O)[O-]. The number of amides is 1. The van der Waals surface area contributed by atoms with Gasteiger partial charge in [0, 0.05) is 20.6 Å². The quantitative estimate of drug-likeness (QED) is 0.585. The van der Waals surface area contributed by atoms with Crippen molar-refractivity contribution in [2.24, 2.45) is 0 Å². The smallest absolute Gasteiger partial charge is 0.315 e. The summed E-state index contributed by atoms with van der Waals surface area (Å²) < 4.78 is 0. The van der Waals surface area contributed by atoms with E-state index in [1.165, 1.54) is 7.05 Å². The molecule has 0 aliphatic rings. The fourth-order valence-electron chi connectivity index (χ4n) is 1.81. The lowest BCUT2D eigenvalue weighted by atomic mass is 10.2. The van der Waals surface area contributed by atoms with Gasteiger partial charge < -0.3 is 15.5 Å². The predicted molar refractivity (Wildman–Crippen MR) is 79.2 cm³/mol. The molecule has 0 fully saturated rings. The second-order valence-electron chi connectivity index (χ2n) is 4.39. The molecule has 1 amide bonds. The molecular weight excluding hydrogens is 260 g/mol. The summed E-state index contributed by atoms with van der Waals surface area (Å²) in [5.41, 5.74) is 0.880. The molecule has 7 heteroatoms. The summed E-state index contributed by atoms with van der Waals surface area (Å²) >= 11 is 0. The topological polar surface area (TPSA) is 87.5 Å². The minimum atomic E-state index is -0.423. The lowest BCUT2D eigenvalue weighted by molar-refractivity contribution is -0.383. The van der Waals surface area contributed by atoms with Crippen LogP contribution in [0.2, 0.25) is 0 Å². The summed E-state index contributed by atoms with van der Waals surface area (Å²) in [6, 6.07) is 5.05. The average molecular weight is 280 g/mol. The molecule has 0 spiro atoms. The number of nitrogens with zero attached hydrogens (tertiary/aromatic N) is 2. The lowest BCUT2D eigenvalue weighted by Crippen LogP contribution is -2.33. The Hall–Kier alpha value is -2.31. The molecule has 110 valence electrons. The Bertz CT molecular complexity index is 491. The van der Waals surface area contributed by atoms with Crippen molar-refractivity contribution in [1.29, 1.82) is 0 Å². The largest absolute Gasteiger partial charge is 0.379 e. The first-order valence-corrected chi connectivity index (χ1v) is 6.44. The van der Waals surface area contributed by atoms with E-state index in [0.717, 1.165) is 6.42 Å². The number of hydrogen-bond donors (Lipinski definition) is 2. The van der Waals surface area contributed by atoms with Gasteiger partial charge in [0.25, 0.3) is 0 Å². The Morgan fingerprint density at radius 3 is 2.70 bits per heavy atom. The molecule has 0 aromatic heterocycles. The molecule has 1 aromatic rings. The number of nitrogens with one attached hydrogen (secondary N) is 2. The van der Waals surface area contributed by atoms with E-state index < -0.39 is 4.92 Å². The number of likely N-dealkylation sites (N-methyl/N-ethyl adjacent to an activating group) is 2. The van der Waals surface area contributed by atoms with Crippen molar-refractivity contribution < 1.29 is 9.72 Å². The van der Waals surface area contributed by atoms with Crippen LogP contribution in [0.4, 0.5) is 17.1 Å². The molecule has 1 rings (SSSR count). The second-order valence-corrected chi connectivity index (χ2v) is 4.39. The number of nitro benzene ring substituents is 1. The van der Waals surface area contributed by atoms with Crippen molar-refractivity contribution in [3.63, 3.8) is 0 Å². The highest BCUT2D eigenvalue weighted by Gasteiger charge is 2.22. The first-order valence-electron chi connectivity index (χ1n) is 6.44. The number of hydrogen-bond acceptors (Lipinski definition) is 5. The van der Waals surface area contributed by atoms with E-state index in [4.69, 9.17) is 0 Å². The first kappa shape index (κ1) is 15.7. The number of para-hydroxylation sites is 1. The highest BCUT2D eigenvalue weighted by Crippen LogP contribution is 2.34. The van der Waals surface area contributed by atoms with Crippen molar-refractivity contribution >= 4 is 23.0 Å². The van der Waals surface area contributed by atoms with Crippen molar-refractivity contribution in [2.75, 3.05) is 37.4 Å². The Morgan fingerprint density at radius 2 is 2.15 bits per heavy atom. The van der Waals surface area contributed by atoms with Crippen LogP contribution in [0.15, 0.2) is 18.2 Å². The van der Waals surface area contributed by atoms with Gasteiger partial charge >= 0.3 is 5.69 Å². The van der Waals surface area contributed by atoms with Gasteiger partial charge in [0.1, 0.15) is 11.4 Å². The molecule has 0 unspecified atom stereocenters. The summed E-state index contributed by atoms with van der Waals surface area (Å²) in [5, 5.41) is 16.8. The number of carbonyl (C=O) groups excluding carboxylic acids is 1. The molecule has 0 saturated heterocycles. The maximum atomic E-state index is 11.4. The molecule has 0 aliphatic heterocycles. The number of benzene rings is 1. The molecule has 1 aromatic carbocycles. The third kappa shape index (κ3) is 3.84. The van der Waals surface area contributed by atoms with Gasteiger partial charge in [0.2, 0.25) is 5.91 Å². The lowest BCUT2D eigenvalue weighted by Gasteiger charge is -2.19. The summed E-state index contributed by atoms with van der Waals surface area (Å²) in [5.74, 6) is -0.200. The summed E-state index contributed by atoms with van der Waals surface area (Å²) in [7, 11) is 3.19. The summed E-state index contributed by atoms with van der Waals surface area (Å²) in [4.78, 5) is 23.8. The maximum absolute atomic E-state index is 11.4. The zero-order valence-electron chi connectivity index (χ0n) is 12.0. The van der Waals surface area contributed by atoms with Crippen molar-refractivity contribution in [3.8, 4) is 0 Å². The Kier molecular flexibility index (Phi) is 5.76. The van der Waals surface area contributed by atoms with E-state index in [9.17, 15) is 14.9 Å². The second kappa shape index (κ2) is 7.32. The molecule has 0 radical (unpaired) electrons. The van der Waals surface area contributed by atoms with Crippen LogP contribution in [-0.2, 0) is 4.79 Å². The van der Waals surface area contributed by atoms with Gasteiger partial charge in [-0.2, -0.15) is 0 Å². The van der Waals surface area contributed by atoms with Gasteiger partial charge in [-0.3, -0.25) is 14.9 Å². The van der Waals surface area contributed by atoms with Crippen molar-refractivity contribution in [1.82, 2.24) is 5.32 Å². The van der Waals surface area contributed by atoms with Crippen LogP contribution in [0.1, 0.15) is 13.3 Å². The van der Waals surface area contributed by atoms with E-state index in [1.807, 2.05) is 6.92 Å². The maximum Gasteiger partial charge on any atom is 0.315 e. The minimum Gasteiger partial charge on any atom is -0.379 e. The number of carbonyl (C=O) groups is 1. The molecule has 0 aliphatic carbocycles. The fourth-order valence-corrected chi connectivity index (χ4v) is 1.81. The van der Waals surface area contributed by atoms with Crippen LogP contribution in [-0.4, -0.2) is 38.0 Å². The molecule has 20 heavy (non-hydrogen) atoms. The standard InChI is InChI=1S/C13H20N4O3/c1-4-8-15-10-6-5-7-11(13(10)17(19)20)16(3)9-12(18)14-2/h5-7,15H,4,8-9H2,1-3H3,(H,14,18). The third-order valence-corrected chi connectivity index (χ3v) is 2.83. The van der Waals surface area contributed by atoms with E-state index in [0.29, 0.717) is 17.9 Å². The zero-order chi connectivity index (χ0) is 15.1. The Labute approximate surface area is 118 Å². The van der Waals surface area contributed by atoms with E-state index in [-0.39, 0.29) is 18.1 Å². The number of nitro groups is 1. The van der Waals surface area contributed by atoms with Gasteiger partial charge in [-0.1, -0.05) is 13.0 Å². The minimum absolute atomic E-state index is 0.00708. The van der Waals surface area contributed by atoms with Crippen molar-refractivity contribution in [3.05, 3.63) is 28.3 Å². The molecule has 0 saturated carbocycles. The van der Waals surface area contributed by atoms with Gasteiger partial charge in [-0.25, -0.2) is 0 Å². The van der Waals surface area contributed by atoms with E-state index >= 15 is 0 Å². The van der Waals surface area contributed by atoms with Crippen LogP contribution in [0.25, 0.3) is 0 Å². The molecular formula is C13H20N4O3. The number of anilines is 2. The van der Waals surface area contributed by atoms with E-state index in [1.54, 1.807) is 30.1 Å². The first-order chi connectivity index (χ1) is 9.51. The molecule has 0 bridgehead atoms. The van der Waals surface area contributed by atoms with Gasteiger partial charge in [0.15, 0.2) is 0 Å². The Balaban J connectivity index is 3.11. The average Bonchev–Trinajstić information content (AvgIpc) is 2.44. The normalized spacial score (nSPS) is 9.95. The van der Waals surface area contributed by atoms with Crippen LogP contribution in [0, 0.1) is 10.1 Å². The molecule has 0 atom stereocenters. The van der Waals surface area contributed by atoms with Crippen LogP contribution in [0.5, 0.6) is 0 Å². The Morgan fingerprint density at radius 1 is 1.45 bits per heavy atom. The van der Waals surface area contributed by atoms with Gasteiger partial charge in [0.05, 0.1) is 11.5 Å².